The number of aromatic hydroxyl groups is 2. The first-order valence-corrected chi connectivity index (χ1v) is 6.46. The van der Waals surface area contributed by atoms with Crippen LogP contribution < -0.4 is 0 Å². The van der Waals surface area contributed by atoms with Crippen molar-refractivity contribution in [1.82, 2.24) is 4.98 Å². The van der Waals surface area contributed by atoms with Crippen molar-refractivity contribution in [3.05, 3.63) is 60.3 Å². The zero-order chi connectivity index (χ0) is 14.7. The Kier molecular flexibility index (Phi) is 3.47. The van der Waals surface area contributed by atoms with Gasteiger partial charge in [-0.2, -0.15) is 10.2 Å². The van der Waals surface area contributed by atoms with Crippen molar-refractivity contribution in [3.8, 4) is 11.5 Å². The predicted octanol–water partition coefficient (Wildman–Crippen LogP) is 3.93. The standard InChI is InChI=1S/C16H13N3O2/c20-12-5-3-11(4-6-12)10-18-19-14-7-8-15(21)16-13(14)2-1-9-17-16/h1-9,20-21H,10H2. The Morgan fingerprint density at radius 2 is 1.76 bits per heavy atom. The largest absolute Gasteiger partial charge is 0.508 e. The zero-order valence-electron chi connectivity index (χ0n) is 11.1. The molecule has 3 rings (SSSR count). The van der Waals surface area contributed by atoms with Crippen LogP contribution in [0.5, 0.6) is 11.5 Å². The Hall–Kier alpha value is -2.95. The van der Waals surface area contributed by atoms with E-state index in [0.717, 1.165) is 10.9 Å². The second-order valence-corrected chi connectivity index (χ2v) is 4.57. The monoisotopic (exact) mass is 279 g/mol. The van der Waals surface area contributed by atoms with Gasteiger partial charge in [0.25, 0.3) is 0 Å². The lowest BCUT2D eigenvalue weighted by Gasteiger charge is -2.02. The summed E-state index contributed by atoms with van der Waals surface area (Å²) in [7, 11) is 0. The number of benzene rings is 2. The highest BCUT2D eigenvalue weighted by Crippen LogP contribution is 2.31. The molecule has 2 aromatic carbocycles. The fourth-order valence-electron chi connectivity index (χ4n) is 2.02. The van der Waals surface area contributed by atoms with Crippen molar-refractivity contribution in [2.24, 2.45) is 10.2 Å². The Morgan fingerprint density at radius 1 is 0.952 bits per heavy atom. The molecular weight excluding hydrogens is 266 g/mol. The lowest BCUT2D eigenvalue weighted by molar-refractivity contribution is 0.475. The number of hydrogen-bond acceptors (Lipinski definition) is 5. The summed E-state index contributed by atoms with van der Waals surface area (Å²) in [4.78, 5) is 4.14. The highest BCUT2D eigenvalue weighted by molar-refractivity contribution is 5.93. The van der Waals surface area contributed by atoms with Crippen LogP contribution in [0.2, 0.25) is 0 Å². The van der Waals surface area contributed by atoms with E-state index in [1.165, 1.54) is 0 Å². The lowest BCUT2D eigenvalue weighted by atomic mass is 10.2. The maximum Gasteiger partial charge on any atom is 0.141 e. The van der Waals surface area contributed by atoms with Gasteiger partial charge in [0.2, 0.25) is 0 Å². The summed E-state index contributed by atoms with van der Waals surface area (Å²) in [6.45, 7) is 0.420. The van der Waals surface area contributed by atoms with Crippen LogP contribution in [0.25, 0.3) is 10.9 Å². The minimum absolute atomic E-state index is 0.128. The lowest BCUT2D eigenvalue weighted by Crippen LogP contribution is -1.81. The smallest absolute Gasteiger partial charge is 0.141 e. The molecule has 0 aliphatic rings. The van der Waals surface area contributed by atoms with Crippen molar-refractivity contribution in [1.29, 1.82) is 0 Å². The predicted molar refractivity (Wildman–Crippen MR) is 79.7 cm³/mol. The van der Waals surface area contributed by atoms with Gasteiger partial charge in [0.05, 0.1) is 12.2 Å². The Balaban J connectivity index is 1.86. The van der Waals surface area contributed by atoms with E-state index in [1.54, 1.807) is 48.7 Å². The van der Waals surface area contributed by atoms with Crippen LogP contribution in [-0.2, 0) is 6.54 Å². The normalized spacial score (nSPS) is 11.2. The average molecular weight is 279 g/mol. The quantitative estimate of drug-likeness (QED) is 0.713. The van der Waals surface area contributed by atoms with Gasteiger partial charge in [-0.05, 0) is 42.0 Å². The number of hydrogen-bond donors (Lipinski definition) is 2. The third-order valence-corrected chi connectivity index (χ3v) is 3.09. The molecule has 0 aliphatic carbocycles. The van der Waals surface area contributed by atoms with E-state index in [2.05, 4.69) is 15.2 Å². The SMILES string of the molecule is Oc1ccc(CN=Nc2ccc(O)c3ncccc23)cc1. The van der Waals surface area contributed by atoms with Crippen LogP contribution >= 0.6 is 0 Å². The molecule has 3 aromatic rings. The molecule has 5 nitrogen and oxygen atoms in total. The number of fused-ring (bicyclic) bond motifs is 1. The summed E-state index contributed by atoms with van der Waals surface area (Å²) in [5, 5.41) is 28.1. The van der Waals surface area contributed by atoms with E-state index in [1.807, 2.05) is 6.07 Å². The second-order valence-electron chi connectivity index (χ2n) is 4.57. The van der Waals surface area contributed by atoms with E-state index in [9.17, 15) is 10.2 Å². The van der Waals surface area contributed by atoms with Crippen LogP contribution in [0.15, 0.2) is 65.0 Å². The molecule has 104 valence electrons. The number of azo groups is 1. The minimum atomic E-state index is 0.128. The molecule has 0 aliphatic heterocycles. The number of nitrogens with zero attached hydrogens (tertiary/aromatic N) is 3. The molecule has 0 unspecified atom stereocenters. The van der Waals surface area contributed by atoms with Crippen molar-refractivity contribution >= 4 is 16.6 Å². The molecule has 0 saturated heterocycles. The molecule has 2 N–H and O–H groups in total. The van der Waals surface area contributed by atoms with Gasteiger partial charge in [-0.3, -0.25) is 4.98 Å². The first kappa shape index (κ1) is 13.1. The first-order valence-electron chi connectivity index (χ1n) is 6.46. The molecule has 1 aromatic heterocycles. The van der Waals surface area contributed by atoms with Gasteiger partial charge in [-0.1, -0.05) is 12.1 Å². The van der Waals surface area contributed by atoms with Gasteiger partial charge in [-0.15, -0.1) is 0 Å². The maximum atomic E-state index is 9.77. The highest BCUT2D eigenvalue weighted by Gasteiger charge is 2.05. The minimum Gasteiger partial charge on any atom is -0.508 e. The van der Waals surface area contributed by atoms with Crippen LogP contribution in [0.3, 0.4) is 0 Å². The van der Waals surface area contributed by atoms with Gasteiger partial charge < -0.3 is 10.2 Å². The molecule has 0 fully saturated rings. The van der Waals surface area contributed by atoms with E-state index in [-0.39, 0.29) is 11.5 Å². The summed E-state index contributed by atoms with van der Waals surface area (Å²) >= 11 is 0. The first-order chi connectivity index (χ1) is 10.2. The molecule has 1 heterocycles. The topological polar surface area (TPSA) is 78.1 Å². The summed E-state index contributed by atoms with van der Waals surface area (Å²) in [6.07, 6.45) is 1.62. The summed E-state index contributed by atoms with van der Waals surface area (Å²) in [5.41, 5.74) is 2.13. The Morgan fingerprint density at radius 3 is 2.57 bits per heavy atom. The van der Waals surface area contributed by atoms with Crippen molar-refractivity contribution < 1.29 is 10.2 Å². The Bertz CT molecular complexity index is 798. The molecule has 21 heavy (non-hydrogen) atoms. The van der Waals surface area contributed by atoms with E-state index >= 15 is 0 Å². The van der Waals surface area contributed by atoms with Gasteiger partial charge in [0.1, 0.15) is 17.0 Å². The highest BCUT2D eigenvalue weighted by atomic mass is 16.3. The molecule has 0 spiro atoms. The van der Waals surface area contributed by atoms with Gasteiger partial charge in [0, 0.05) is 11.6 Å². The fourth-order valence-corrected chi connectivity index (χ4v) is 2.02. The van der Waals surface area contributed by atoms with Crippen molar-refractivity contribution in [2.75, 3.05) is 0 Å². The van der Waals surface area contributed by atoms with Crippen LogP contribution in [0.1, 0.15) is 5.56 Å². The second kappa shape index (κ2) is 5.58. The zero-order valence-corrected chi connectivity index (χ0v) is 11.1. The van der Waals surface area contributed by atoms with E-state index in [0.29, 0.717) is 17.7 Å². The fraction of sp³-hybridized carbons (Fsp3) is 0.0625. The average Bonchev–Trinajstić information content (AvgIpc) is 2.52. The third kappa shape index (κ3) is 2.81. The van der Waals surface area contributed by atoms with Crippen LogP contribution in [-0.4, -0.2) is 15.2 Å². The van der Waals surface area contributed by atoms with Gasteiger partial charge >= 0.3 is 0 Å². The molecular formula is C16H13N3O2. The molecule has 5 heteroatoms. The number of phenolic OH excluding ortho intramolecular Hbond substituents is 2. The molecule has 0 bridgehead atoms. The third-order valence-electron chi connectivity index (χ3n) is 3.09. The molecule has 0 radical (unpaired) electrons. The molecule has 0 saturated carbocycles. The van der Waals surface area contributed by atoms with Gasteiger partial charge in [0.15, 0.2) is 0 Å². The summed E-state index contributed by atoms with van der Waals surface area (Å²) in [6, 6.07) is 13.7. The molecule has 0 atom stereocenters. The van der Waals surface area contributed by atoms with E-state index < -0.39 is 0 Å². The van der Waals surface area contributed by atoms with Crippen LogP contribution in [0, 0.1) is 0 Å². The van der Waals surface area contributed by atoms with E-state index in [4.69, 9.17) is 0 Å². The summed E-state index contributed by atoms with van der Waals surface area (Å²) < 4.78 is 0. The van der Waals surface area contributed by atoms with Crippen LogP contribution in [0.4, 0.5) is 5.69 Å². The van der Waals surface area contributed by atoms with Crippen molar-refractivity contribution in [2.45, 2.75) is 6.54 Å². The molecule has 0 amide bonds. The van der Waals surface area contributed by atoms with Crippen molar-refractivity contribution in [3.63, 3.8) is 0 Å². The number of rotatable bonds is 3. The summed E-state index contributed by atoms with van der Waals surface area (Å²) in [5.74, 6) is 0.356. The number of pyridine rings is 1. The number of phenols is 2. The number of aromatic nitrogens is 1. The van der Waals surface area contributed by atoms with Gasteiger partial charge in [-0.25, -0.2) is 0 Å². The Labute approximate surface area is 121 Å². The maximum absolute atomic E-state index is 9.77.